The highest BCUT2D eigenvalue weighted by atomic mass is 16.5. The van der Waals surface area contributed by atoms with Crippen LogP contribution in [0.4, 0.5) is 0 Å². The Hall–Kier alpha value is -1.98. The first kappa shape index (κ1) is 15.5. The van der Waals surface area contributed by atoms with Crippen LogP contribution < -0.4 is 5.32 Å². The van der Waals surface area contributed by atoms with Gasteiger partial charge in [-0.1, -0.05) is 24.3 Å². The quantitative estimate of drug-likeness (QED) is 0.931. The molecule has 0 aliphatic carbocycles. The number of nitrogens with zero attached hydrogens (tertiary/aromatic N) is 2. The molecule has 0 unspecified atom stereocenters. The van der Waals surface area contributed by atoms with E-state index in [1.807, 2.05) is 30.3 Å². The number of para-hydroxylation sites is 1. The Bertz CT molecular complexity index is 728. The Kier molecular flexibility index (Phi) is 4.45. The zero-order valence-electron chi connectivity index (χ0n) is 13.8. The van der Waals surface area contributed by atoms with Gasteiger partial charge in [0.05, 0.1) is 24.6 Å². The smallest absolute Gasteiger partial charge is 0.224 e. The van der Waals surface area contributed by atoms with Crippen LogP contribution in [-0.2, 0) is 16.0 Å². The van der Waals surface area contributed by atoms with Crippen molar-refractivity contribution in [2.75, 3.05) is 26.2 Å². The SMILES string of the molecule is O=C(Cc1cccc2cccnc12)NC[C@@H]1CN2CCC[C@@H]2CO1. The summed E-state index contributed by atoms with van der Waals surface area (Å²) >= 11 is 0. The number of ether oxygens (including phenoxy) is 1. The average molecular weight is 325 g/mol. The minimum Gasteiger partial charge on any atom is -0.373 e. The Labute approximate surface area is 142 Å². The van der Waals surface area contributed by atoms with Crippen LogP contribution in [0.3, 0.4) is 0 Å². The second-order valence-corrected chi connectivity index (χ2v) is 6.72. The van der Waals surface area contributed by atoms with Gasteiger partial charge in [0.25, 0.3) is 0 Å². The summed E-state index contributed by atoms with van der Waals surface area (Å²) in [5.41, 5.74) is 1.87. The monoisotopic (exact) mass is 325 g/mol. The van der Waals surface area contributed by atoms with Gasteiger partial charge in [0.2, 0.25) is 5.91 Å². The molecule has 1 amide bonds. The van der Waals surface area contributed by atoms with E-state index < -0.39 is 0 Å². The molecule has 24 heavy (non-hydrogen) atoms. The molecule has 126 valence electrons. The van der Waals surface area contributed by atoms with Crippen LogP contribution in [0, 0.1) is 0 Å². The summed E-state index contributed by atoms with van der Waals surface area (Å²) < 4.78 is 5.89. The van der Waals surface area contributed by atoms with Crippen LogP contribution >= 0.6 is 0 Å². The number of carbonyl (C=O) groups excluding carboxylic acids is 1. The maximum atomic E-state index is 12.3. The highest BCUT2D eigenvalue weighted by Crippen LogP contribution is 2.22. The number of pyridine rings is 1. The van der Waals surface area contributed by atoms with Gasteiger partial charge < -0.3 is 10.1 Å². The van der Waals surface area contributed by atoms with Gasteiger partial charge >= 0.3 is 0 Å². The second kappa shape index (κ2) is 6.87. The molecular weight excluding hydrogens is 302 g/mol. The zero-order chi connectivity index (χ0) is 16.4. The number of carbonyl (C=O) groups is 1. The van der Waals surface area contributed by atoms with Crippen LogP contribution in [-0.4, -0.2) is 54.2 Å². The van der Waals surface area contributed by atoms with Crippen molar-refractivity contribution in [2.24, 2.45) is 0 Å². The summed E-state index contributed by atoms with van der Waals surface area (Å²) in [7, 11) is 0. The molecule has 2 aromatic rings. The lowest BCUT2D eigenvalue weighted by Gasteiger charge is -2.35. The van der Waals surface area contributed by atoms with Crippen LogP contribution in [0.25, 0.3) is 10.9 Å². The van der Waals surface area contributed by atoms with Crippen molar-refractivity contribution in [3.05, 3.63) is 42.1 Å². The third-order valence-electron chi connectivity index (χ3n) is 5.06. The van der Waals surface area contributed by atoms with E-state index in [1.54, 1.807) is 6.20 Å². The minimum atomic E-state index is 0.0281. The normalized spacial score (nSPS) is 24.0. The molecule has 0 spiro atoms. The molecule has 5 heteroatoms. The number of hydrogen-bond acceptors (Lipinski definition) is 4. The van der Waals surface area contributed by atoms with Crippen LogP contribution in [0.15, 0.2) is 36.5 Å². The van der Waals surface area contributed by atoms with Crippen molar-refractivity contribution in [1.29, 1.82) is 0 Å². The first-order valence-corrected chi connectivity index (χ1v) is 8.74. The highest BCUT2D eigenvalue weighted by Gasteiger charge is 2.32. The fourth-order valence-corrected chi connectivity index (χ4v) is 3.78. The molecule has 1 aromatic carbocycles. The summed E-state index contributed by atoms with van der Waals surface area (Å²) in [5, 5.41) is 4.10. The minimum absolute atomic E-state index is 0.0281. The van der Waals surface area contributed by atoms with E-state index in [-0.39, 0.29) is 12.0 Å². The molecule has 0 saturated carbocycles. The number of benzene rings is 1. The molecule has 1 aromatic heterocycles. The van der Waals surface area contributed by atoms with E-state index in [0.29, 0.717) is 19.0 Å². The zero-order valence-corrected chi connectivity index (χ0v) is 13.8. The highest BCUT2D eigenvalue weighted by molar-refractivity contribution is 5.87. The predicted octanol–water partition coefficient (Wildman–Crippen LogP) is 1.76. The maximum Gasteiger partial charge on any atom is 0.224 e. The van der Waals surface area contributed by atoms with Crippen molar-refractivity contribution in [3.8, 4) is 0 Å². The summed E-state index contributed by atoms with van der Waals surface area (Å²) in [6.45, 7) is 3.48. The van der Waals surface area contributed by atoms with Crippen LogP contribution in [0.2, 0.25) is 0 Å². The predicted molar refractivity (Wildman–Crippen MR) is 92.8 cm³/mol. The lowest BCUT2D eigenvalue weighted by Crippen LogP contribution is -2.50. The molecule has 2 saturated heterocycles. The topological polar surface area (TPSA) is 54.5 Å². The molecule has 2 atom stereocenters. The van der Waals surface area contributed by atoms with Crippen LogP contribution in [0.5, 0.6) is 0 Å². The molecule has 4 rings (SSSR count). The van der Waals surface area contributed by atoms with E-state index in [9.17, 15) is 4.79 Å². The van der Waals surface area contributed by atoms with Gasteiger partial charge in [-0.15, -0.1) is 0 Å². The molecular formula is C19H23N3O2. The van der Waals surface area contributed by atoms with Crippen molar-refractivity contribution < 1.29 is 9.53 Å². The summed E-state index contributed by atoms with van der Waals surface area (Å²) in [4.78, 5) is 19.2. The Balaban J connectivity index is 1.33. The van der Waals surface area contributed by atoms with Gasteiger partial charge in [0.15, 0.2) is 0 Å². The van der Waals surface area contributed by atoms with Gasteiger partial charge in [0, 0.05) is 30.7 Å². The Morgan fingerprint density at radius 3 is 3.21 bits per heavy atom. The fraction of sp³-hybridized carbons (Fsp3) is 0.474. The molecule has 2 aliphatic heterocycles. The van der Waals surface area contributed by atoms with E-state index in [0.717, 1.165) is 29.6 Å². The van der Waals surface area contributed by atoms with Gasteiger partial charge in [-0.25, -0.2) is 0 Å². The summed E-state index contributed by atoms with van der Waals surface area (Å²) in [6, 6.07) is 10.5. The fourth-order valence-electron chi connectivity index (χ4n) is 3.78. The number of aromatic nitrogens is 1. The number of amides is 1. The van der Waals surface area contributed by atoms with E-state index in [4.69, 9.17) is 4.74 Å². The maximum absolute atomic E-state index is 12.3. The van der Waals surface area contributed by atoms with Crippen molar-refractivity contribution >= 4 is 16.8 Å². The number of nitrogens with one attached hydrogen (secondary N) is 1. The molecule has 3 heterocycles. The first-order valence-electron chi connectivity index (χ1n) is 8.74. The Morgan fingerprint density at radius 1 is 1.33 bits per heavy atom. The molecule has 2 aliphatic rings. The van der Waals surface area contributed by atoms with Crippen molar-refractivity contribution in [1.82, 2.24) is 15.2 Å². The van der Waals surface area contributed by atoms with E-state index >= 15 is 0 Å². The third-order valence-corrected chi connectivity index (χ3v) is 5.06. The summed E-state index contributed by atoms with van der Waals surface area (Å²) in [5.74, 6) is 0.0281. The lowest BCUT2D eigenvalue weighted by atomic mass is 10.1. The molecule has 2 fully saturated rings. The molecule has 0 bridgehead atoms. The number of rotatable bonds is 4. The van der Waals surface area contributed by atoms with Crippen molar-refractivity contribution in [2.45, 2.75) is 31.4 Å². The van der Waals surface area contributed by atoms with E-state index in [2.05, 4.69) is 15.2 Å². The first-order chi connectivity index (χ1) is 11.8. The number of hydrogen-bond donors (Lipinski definition) is 1. The number of fused-ring (bicyclic) bond motifs is 2. The van der Waals surface area contributed by atoms with Gasteiger partial charge in [-0.3, -0.25) is 14.7 Å². The van der Waals surface area contributed by atoms with Gasteiger partial charge in [-0.2, -0.15) is 0 Å². The molecule has 1 N–H and O–H groups in total. The number of morpholine rings is 1. The standard InChI is InChI=1S/C19H23N3O2/c23-18(10-15-5-1-4-14-6-2-8-20-19(14)15)21-11-17-12-22-9-3-7-16(22)13-24-17/h1-2,4-6,8,16-17H,3,7,9-13H2,(H,21,23)/t16-,17-/m1/s1. The molecule has 0 radical (unpaired) electrons. The third kappa shape index (κ3) is 3.28. The largest absolute Gasteiger partial charge is 0.373 e. The van der Waals surface area contributed by atoms with Crippen LogP contribution in [0.1, 0.15) is 18.4 Å². The van der Waals surface area contributed by atoms with Gasteiger partial charge in [-0.05, 0) is 31.0 Å². The average Bonchev–Trinajstić information content (AvgIpc) is 3.08. The van der Waals surface area contributed by atoms with Crippen molar-refractivity contribution in [3.63, 3.8) is 0 Å². The lowest BCUT2D eigenvalue weighted by molar-refractivity contribution is -0.121. The van der Waals surface area contributed by atoms with Gasteiger partial charge in [0.1, 0.15) is 0 Å². The van der Waals surface area contributed by atoms with E-state index in [1.165, 1.54) is 19.4 Å². The summed E-state index contributed by atoms with van der Waals surface area (Å²) in [6.07, 6.45) is 4.74. The molecule has 5 nitrogen and oxygen atoms in total. The Morgan fingerprint density at radius 2 is 2.25 bits per heavy atom. The second-order valence-electron chi connectivity index (χ2n) is 6.72.